The number of amides is 2. The molecule has 0 saturated heterocycles. The Morgan fingerprint density at radius 2 is 2.00 bits per heavy atom. The molecule has 136 valence electrons. The number of benzene rings is 1. The molecule has 0 bridgehead atoms. The molecule has 9 heteroatoms. The maximum absolute atomic E-state index is 12.4. The number of rotatable bonds is 3. The van der Waals surface area contributed by atoms with E-state index in [4.69, 9.17) is 29.6 Å². The highest BCUT2D eigenvalue weighted by molar-refractivity contribution is 9.10. The molecule has 1 aromatic carbocycles. The molecular weight excluding hydrogens is 458 g/mol. The molecule has 2 amide bonds. The van der Waals surface area contributed by atoms with Crippen LogP contribution in [0.5, 0.6) is 0 Å². The van der Waals surface area contributed by atoms with Crippen LogP contribution in [0.25, 0.3) is 0 Å². The smallest absolute Gasteiger partial charge is 0.258 e. The average Bonchev–Trinajstić information content (AvgIpc) is 2.94. The molecule has 0 fully saturated rings. The third kappa shape index (κ3) is 4.09. The predicted octanol–water partition coefficient (Wildman–Crippen LogP) is 4.27. The second-order valence-electron chi connectivity index (χ2n) is 5.81. The lowest BCUT2D eigenvalue weighted by atomic mass is 9.95. The van der Waals surface area contributed by atoms with Gasteiger partial charge < -0.3 is 11.1 Å². The fraction of sp³-hybridized carbons (Fsp3) is 0.235. The first-order chi connectivity index (χ1) is 12.4. The summed E-state index contributed by atoms with van der Waals surface area (Å²) in [6, 6.07) is 4.97. The summed E-state index contributed by atoms with van der Waals surface area (Å²) >= 11 is 16.1. The van der Waals surface area contributed by atoms with Gasteiger partial charge in [0.2, 0.25) is 0 Å². The number of carbonyl (C=O) groups is 2. The number of fused-ring (bicyclic) bond motifs is 1. The maximum atomic E-state index is 12.4. The number of aryl methyl sites for hydroxylation is 1. The summed E-state index contributed by atoms with van der Waals surface area (Å²) in [5, 5.41) is 6.52. The minimum atomic E-state index is -0.490. The lowest BCUT2D eigenvalue weighted by Gasteiger charge is -2.12. The van der Waals surface area contributed by atoms with E-state index < -0.39 is 11.8 Å². The molecule has 3 rings (SSSR count). The van der Waals surface area contributed by atoms with E-state index in [0.717, 1.165) is 40.6 Å². The Bertz CT molecular complexity index is 914. The number of nitrogens with one attached hydrogen (secondary N) is 2. The summed E-state index contributed by atoms with van der Waals surface area (Å²) in [6.45, 7) is 0. The Morgan fingerprint density at radius 3 is 2.73 bits per heavy atom. The highest BCUT2D eigenvalue weighted by Crippen LogP contribution is 2.37. The third-order valence-corrected chi connectivity index (χ3v) is 6.28. The van der Waals surface area contributed by atoms with Gasteiger partial charge in [-0.25, -0.2) is 0 Å². The maximum Gasteiger partial charge on any atom is 0.258 e. The third-order valence-electron chi connectivity index (χ3n) is 4.04. The van der Waals surface area contributed by atoms with Crippen molar-refractivity contribution >= 4 is 73.0 Å². The summed E-state index contributed by atoms with van der Waals surface area (Å²) < 4.78 is 0.730. The van der Waals surface area contributed by atoms with Crippen molar-refractivity contribution in [3.05, 3.63) is 49.3 Å². The number of primary amides is 1. The van der Waals surface area contributed by atoms with Crippen molar-refractivity contribution in [2.75, 3.05) is 5.32 Å². The molecule has 1 aliphatic carbocycles. The van der Waals surface area contributed by atoms with Crippen LogP contribution >= 0.6 is 51.1 Å². The van der Waals surface area contributed by atoms with E-state index in [1.54, 1.807) is 18.2 Å². The summed E-state index contributed by atoms with van der Waals surface area (Å²) in [5.74, 6) is -0.924. The van der Waals surface area contributed by atoms with Crippen LogP contribution in [-0.2, 0) is 12.8 Å². The lowest BCUT2D eigenvalue weighted by molar-refractivity contribution is 0.0975. The largest absolute Gasteiger partial charge is 0.365 e. The van der Waals surface area contributed by atoms with E-state index in [1.807, 2.05) is 0 Å². The van der Waals surface area contributed by atoms with Crippen molar-refractivity contribution in [3.8, 4) is 0 Å². The van der Waals surface area contributed by atoms with Gasteiger partial charge in [-0.2, -0.15) is 0 Å². The zero-order valence-electron chi connectivity index (χ0n) is 13.5. The summed E-state index contributed by atoms with van der Waals surface area (Å²) in [6.07, 6.45) is 3.88. The van der Waals surface area contributed by atoms with Gasteiger partial charge in [0.05, 0.1) is 16.1 Å². The lowest BCUT2D eigenvalue weighted by Crippen LogP contribution is -2.34. The van der Waals surface area contributed by atoms with Gasteiger partial charge in [-0.3, -0.25) is 14.9 Å². The van der Waals surface area contributed by atoms with Gasteiger partial charge in [-0.05, 0) is 61.7 Å². The van der Waals surface area contributed by atoms with Crippen molar-refractivity contribution in [3.63, 3.8) is 0 Å². The second-order valence-corrected chi connectivity index (χ2v) is 8.65. The minimum Gasteiger partial charge on any atom is -0.365 e. The molecule has 1 aromatic heterocycles. The number of anilines is 1. The van der Waals surface area contributed by atoms with Crippen LogP contribution in [0.2, 0.25) is 5.02 Å². The fourth-order valence-corrected chi connectivity index (χ4v) is 5.01. The van der Waals surface area contributed by atoms with E-state index in [0.29, 0.717) is 21.2 Å². The van der Waals surface area contributed by atoms with Crippen LogP contribution in [0.3, 0.4) is 0 Å². The predicted molar refractivity (Wildman–Crippen MR) is 112 cm³/mol. The van der Waals surface area contributed by atoms with Crippen molar-refractivity contribution < 1.29 is 9.59 Å². The molecule has 0 saturated carbocycles. The van der Waals surface area contributed by atoms with Crippen LogP contribution < -0.4 is 16.4 Å². The quantitative estimate of drug-likeness (QED) is 0.583. The van der Waals surface area contributed by atoms with E-state index in [-0.39, 0.29) is 5.11 Å². The van der Waals surface area contributed by atoms with Crippen molar-refractivity contribution in [1.82, 2.24) is 5.32 Å². The van der Waals surface area contributed by atoms with Gasteiger partial charge in [0, 0.05) is 9.35 Å². The SMILES string of the molecule is NC(=O)c1c(NC(=S)NC(=O)c2cc(Br)ccc2Cl)sc2c1CCCC2. The monoisotopic (exact) mass is 471 g/mol. The summed E-state index contributed by atoms with van der Waals surface area (Å²) in [4.78, 5) is 25.4. The highest BCUT2D eigenvalue weighted by Gasteiger charge is 2.24. The Hall–Kier alpha value is -1.48. The summed E-state index contributed by atoms with van der Waals surface area (Å²) in [7, 11) is 0. The number of carbonyl (C=O) groups excluding carboxylic acids is 2. The van der Waals surface area contributed by atoms with Crippen molar-refractivity contribution in [2.45, 2.75) is 25.7 Å². The van der Waals surface area contributed by atoms with Crippen LogP contribution in [-0.4, -0.2) is 16.9 Å². The first-order valence-electron chi connectivity index (χ1n) is 7.88. The van der Waals surface area contributed by atoms with Crippen LogP contribution in [0.4, 0.5) is 5.00 Å². The minimum absolute atomic E-state index is 0.0899. The topological polar surface area (TPSA) is 84.2 Å². The van der Waals surface area contributed by atoms with Gasteiger partial charge in [0.15, 0.2) is 5.11 Å². The second kappa shape index (κ2) is 8.04. The Balaban J connectivity index is 1.78. The van der Waals surface area contributed by atoms with Gasteiger partial charge >= 0.3 is 0 Å². The zero-order valence-corrected chi connectivity index (χ0v) is 17.5. The molecule has 0 aliphatic heterocycles. The fourth-order valence-electron chi connectivity index (χ4n) is 2.89. The Morgan fingerprint density at radius 1 is 1.27 bits per heavy atom. The average molecular weight is 473 g/mol. The number of hydrogen-bond acceptors (Lipinski definition) is 4. The molecule has 0 atom stereocenters. The molecular formula is C17H15BrClN3O2S2. The first-order valence-corrected chi connectivity index (χ1v) is 10.3. The summed E-state index contributed by atoms with van der Waals surface area (Å²) in [5.41, 5.74) is 7.33. The number of halogens is 2. The number of thiocarbonyl (C=S) groups is 1. The Kier molecular flexibility index (Phi) is 5.96. The van der Waals surface area contributed by atoms with Crippen LogP contribution in [0.1, 0.15) is 44.0 Å². The first kappa shape index (κ1) is 19.3. The Labute approximate surface area is 173 Å². The number of nitrogens with two attached hydrogens (primary N) is 1. The van der Waals surface area contributed by atoms with Gasteiger partial charge in [0.25, 0.3) is 11.8 Å². The molecule has 0 radical (unpaired) electrons. The van der Waals surface area contributed by atoms with Crippen LogP contribution in [0, 0.1) is 0 Å². The number of thiophene rings is 1. The van der Waals surface area contributed by atoms with Gasteiger partial charge in [-0.15, -0.1) is 11.3 Å². The standard InChI is InChI=1S/C17H15BrClN3O2S2/c18-8-5-6-11(19)10(7-8)15(24)21-17(25)22-16-13(14(20)23)9-3-1-2-4-12(9)26-16/h5-7H,1-4H2,(H2,20,23)(H2,21,22,24,25). The van der Waals surface area contributed by atoms with E-state index >= 15 is 0 Å². The van der Waals surface area contributed by atoms with Crippen LogP contribution in [0.15, 0.2) is 22.7 Å². The molecule has 2 aromatic rings. The van der Waals surface area contributed by atoms with E-state index in [2.05, 4.69) is 26.6 Å². The number of hydrogen-bond donors (Lipinski definition) is 3. The van der Waals surface area contributed by atoms with Crippen molar-refractivity contribution in [2.24, 2.45) is 5.73 Å². The zero-order chi connectivity index (χ0) is 18.8. The molecule has 1 aliphatic rings. The van der Waals surface area contributed by atoms with E-state index in [1.165, 1.54) is 11.3 Å². The normalized spacial score (nSPS) is 13.0. The van der Waals surface area contributed by atoms with E-state index in [9.17, 15) is 9.59 Å². The van der Waals surface area contributed by atoms with Gasteiger partial charge in [0.1, 0.15) is 5.00 Å². The molecule has 0 unspecified atom stereocenters. The molecule has 0 spiro atoms. The highest BCUT2D eigenvalue weighted by atomic mass is 79.9. The van der Waals surface area contributed by atoms with Gasteiger partial charge in [-0.1, -0.05) is 27.5 Å². The molecule has 5 nitrogen and oxygen atoms in total. The molecule has 26 heavy (non-hydrogen) atoms. The molecule has 1 heterocycles. The van der Waals surface area contributed by atoms with Crippen molar-refractivity contribution in [1.29, 1.82) is 0 Å². The molecule has 4 N–H and O–H groups in total.